The summed E-state index contributed by atoms with van der Waals surface area (Å²) in [6, 6.07) is 7.08. The second kappa shape index (κ2) is 4.21. The molecule has 20 heavy (non-hydrogen) atoms. The minimum absolute atomic E-state index is 0.0249. The molecule has 1 aliphatic rings. The Hall–Kier alpha value is -2.07. The Morgan fingerprint density at radius 3 is 2.85 bits per heavy atom. The number of nitriles is 1. The number of sulfone groups is 1. The molecule has 0 saturated heterocycles. The fourth-order valence-electron chi connectivity index (χ4n) is 2.34. The zero-order chi connectivity index (χ0) is 14.4. The van der Waals surface area contributed by atoms with Crippen molar-refractivity contribution in [2.24, 2.45) is 5.41 Å². The van der Waals surface area contributed by atoms with Crippen LogP contribution in [0, 0.1) is 16.7 Å². The number of aromatic nitrogens is 2. The summed E-state index contributed by atoms with van der Waals surface area (Å²) < 4.78 is 24.8. The Labute approximate surface area is 116 Å². The number of rotatable bonds is 4. The van der Waals surface area contributed by atoms with Crippen molar-refractivity contribution in [1.29, 1.82) is 5.26 Å². The van der Waals surface area contributed by atoms with Crippen LogP contribution in [0.1, 0.15) is 19.3 Å². The van der Waals surface area contributed by atoms with E-state index in [9.17, 15) is 8.42 Å². The van der Waals surface area contributed by atoms with E-state index in [0.29, 0.717) is 16.7 Å². The highest BCUT2D eigenvalue weighted by molar-refractivity contribution is 7.91. The number of aromatic amines is 1. The molecule has 1 aromatic heterocycles. The third kappa shape index (κ3) is 2.23. The van der Waals surface area contributed by atoms with Crippen molar-refractivity contribution in [1.82, 2.24) is 9.97 Å². The number of benzene rings is 1. The van der Waals surface area contributed by atoms with Gasteiger partial charge in [-0.3, -0.25) is 0 Å². The van der Waals surface area contributed by atoms with Crippen LogP contribution in [-0.4, -0.2) is 24.1 Å². The largest absolute Gasteiger partial charge is 0.399 e. The molecular weight excluding hydrogens is 276 g/mol. The van der Waals surface area contributed by atoms with Crippen molar-refractivity contribution >= 4 is 26.6 Å². The second-order valence-electron chi connectivity index (χ2n) is 5.41. The van der Waals surface area contributed by atoms with Crippen LogP contribution in [0.25, 0.3) is 11.0 Å². The predicted octanol–water partition coefficient (Wildman–Crippen LogP) is 1.61. The van der Waals surface area contributed by atoms with E-state index in [4.69, 9.17) is 11.0 Å². The molecule has 0 atom stereocenters. The third-order valence-electron chi connectivity index (χ3n) is 3.69. The van der Waals surface area contributed by atoms with Crippen LogP contribution < -0.4 is 5.73 Å². The number of nitrogens with zero attached hydrogens (tertiary/aromatic N) is 2. The van der Waals surface area contributed by atoms with E-state index < -0.39 is 9.84 Å². The number of hydrogen-bond donors (Lipinski definition) is 2. The van der Waals surface area contributed by atoms with Gasteiger partial charge in [-0.2, -0.15) is 5.26 Å². The van der Waals surface area contributed by atoms with Crippen LogP contribution in [0.15, 0.2) is 23.4 Å². The van der Waals surface area contributed by atoms with Crippen LogP contribution in [0.5, 0.6) is 0 Å². The molecule has 0 aliphatic heterocycles. The van der Waals surface area contributed by atoms with Gasteiger partial charge in [0, 0.05) is 12.1 Å². The van der Waals surface area contributed by atoms with Gasteiger partial charge in [0.15, 0.2) is 0 Å². The molecule has 0 bridgehead atoms. The van der Waals surface area contributed by atoms with E-state index in [1.54, 1.807) is 18.2 Å². The number of anilines is 1. The van der Waals surface area contributed by atoms with Gasteiger partial charge in [-0.1, -0.05) is 0 Å². The number of nitrogens with one attached hydrogen (secondary N) is 1. The number of H-pyrrole nitrogens is 1. The molecule has 0 amide bonds. The fraction of sp³-hybridized carbons (Fsp3) is 0.385. The first-order chi connectivity index (χ1) is 9.44. The highest BCUT2D eigenvalue weighted by atomic mass is 32.2. The van der Waals surface area contributed by atoms with Gasteiger partial charge in [-0.15, -0.1) is 0 Å². The molecule has 1 fully saturated rings. The van der Waals surface area contributed by atoms with Crippen molar-refractivity contribution < 1.29 is 8.42 Å². The predicted molar refractivity (Wildman–Crippen MR) is 74.5 cm³/mol. The quantitative estimate of drug-likeness (QED) is 0.831. The van der Waals surface area contributed by atoms with E-state index in [2.05, 4.69) is 16.0 Å². The molecule has 0 unspecified atom stereocenters. The molecular formula is C13H14N4O2S. The Balaban J connectivity index is 1.95. The number of fused-ring (bicyclic) bond motifs is 1. The summed E-state index contributed by atoms with van der Waals surface area (Å²) in [7, 11) is -3.51. The fourth-order valence-corrected chi connectivity index (χ4v) is 4.18. The molecule has 0 spiro atoms. The average molecular weight is 290 g/mol. The van der Waals surface area contributed by atoms with Crippen LogP contribution in [0.2, 0.25) is 0 Å². The summed E-state index contributed by atoms with van der Waals surface area (Å²) in [4.78, 5) is 6.92. The first-order valence-electron chi connectivity index (χ1n) is 6.29. The van der Waals surface area contributed by atoms with Gasteiger partial charge < -0.3 is 10.7 Å². The summed E-state index contributed by atoms with van der Waals surface area (Å²) in [5.74, 6) is -0.0249. The van der Waals surface area contributed by atoms with Gasteiger partial charge in [-0.25, -0.2) is 13.4 Å². The van der Waals surface area contributed by atoms with E-state index in [1.165, 1.54) is 0 Å². The zero-order valence-electron chi connectivity index (χ0n) is 10.8. The molecule has 0 radical (unpaired) electrons. The Morgan fingerprint density at radius 2 is 2.20 bits per heavy atom. The summed E-state index contributed by atoms with van der Waals surface area (Å²) in [6.07, 6.45) is 1.85. The van der Waals surface area contributed by atoms with Crippen LogP contribution >= 0.6 is 0 Å². The van der Waals surface area contributed by atoms with Gasteiger partial charge in [0.1, 0.15) is 0 Å². The van der Waals surface area contributed by atoms with Gasteiger partial charge in [0.2, 0.25) is 15.0 Å². The lowest BCUT2D eigenvalue weighted by atomic mass is 10.1. The maximum Gasteiger partial charge on any atom is 0.226 e. The average Bonchev–Trinajstić information content (AvgIpc) is 2.97. The van der Waals surface area contributed by atoms with Gasteiger partial charge >= 0.3 is 0 Å². The highest BCUT2D eigenvalue weighted by Crippen LogP contribution is 2.50. The lowest BCUT2D eigenvalue weighted by Gasteiger charge is -2.09. The number of imidazole rings is 1. The maximum atomic E-state index is 12.4. The van der Waals surface area contributed by atoms with E-state index in [-0.39, 0.29) is 22.7 Å². The summed E-state index contributed by atoms with van der Waals surface area (Å²) in [6.45, 7) is 0. The number of hydrogen-bond acceptors (Lipinski definition) is 5. The highest BCUT2D eigenvalue weighted by Gasteiger charge is 2.46. The van der Waals surface area contributed by atoms with Crippen molar-refractivity contribution in [3.63, 3.8) is 0 Å². The molecule has 3 N–H and O–H groups in total. The van der Waals surface area contributed by atoms with Crippen molar-refractivity contribution in [2.45, 2.75) is 24.4 Å². The molecule has 6 nitrogen and oxygen atoms in total. The monoisotopic (exact) mass is 290 g/mol. The van der Waals surface area contributed by atoms with Gasteiger partial charge in [0.05, 0.1) is 22.9 Å². The maximum absolute atomic E-state index is 12.4. The minimum Gasteiger partial charge on any atom is -0.399 e. The Bertz CT molecular complexity index is 812. The van der Waals surface area contributed by atoms with Crippen LogP contribution in [-0.2, 0) is 9.84 Å². The molecule has 1 heterocycles. The van der Waals surface area contributed by atoms with Crippen molar-refractivity contribution in [2.75, 3.05) is 11.5 Å². The SMILES string of the molecule is N#CCC1(CS(=O)(=O)c2nc3ccc(N)cc3[nH]2)CC1. The number of nitrogen functional groups attached to an aromatic ring is 1. The molecule has 3 rings (SSSR count). The second-order valence-corrected chi connectivity index (χ2v) is 7.32. The first-order valence-corrected chi connectivity index (χ1v) is 7.94. The lowest BCUT2D eigenvalue weighted by Crippen LogP contribution is -2.18. The minimum atomic E-state index is -3.51. The normalized spacial score (nSPS) is 16.9. The molecule has 104 valence electrons. The molecule has 2 aromatic rings. The Kier molecular flexibility index (Phi) is 2.73. The smallest absolute Gasteiger partial charge is 0.226 e. The summed E-state index contributed by atoms with van der Waals surface area (Å²) in [5.41, 5.74) is 7.02. The molecule has 1 aliphatic carbocycles. The van der Waals surface area contributed by atoms with E-state index in [1.807, 2.05) is 0 Å². The summed E-state index contributed by atoms with van der Waals surface area (Å²) >= 11 is 0. The summed E-state index contributed by atoms with van der Waals surface area (Å²) in [5, 5.41) is 8.73. The van der Waals surface area contributed by atoms with Gasteiger partial charge in [0.25, 0.3) is 0 Å². The topological polar surface area (TPSA) is 113 Å². The molecule has 1 saturated carbocycles. The third-order valence-corrected chi connectivity index (χ3v) is 5.46. The van der Waals surface area contributed by atoms with Crippen LogP contribution in [0.3, 0.4) is 0 Å². The zero-order valence-corrected chi connectivity index (χ0v) is 11.6. The first kappa shape index (κ1) is 12.9. The van der Waals surface area contributed by atoms with Gasteiger partial charge in [-0.05, 0) is 36.5 Å². The number of nitrogens with two attached hydrogens (primary N) is 1. The van der Waals surface area contributed by atoms with Crippen molar-refractivity contribution in [3.05, 3.63) is 18.2 Å². The molecule has 7 heteroatoms. The standard InChI is InChI=1S/C13H14N4O2S/c14-6-5-13(3-4-13)8-20(18,19)12-16-10-2-1-9(15)7-11(10)17-12/h1-2,7H,3-5,8,15H2,(H,16,17). The van der Waals surface area contributed by atoms with Crippen LogP contribution in [0.4, 0.5) is 5.69 Å². The van der Waals surface area contributed by atoms with E-state index >= 15 is 0 Å². The van der Waals surface area contributed by atoms with E-state index in [0.717, 1.165) is 12.8 Å². The Morgan fingerprint density at radius 1 is 1.45 bits per heavy atom. The molecule has 1 aromatic carbocycles. The van der Waals surface area contributed by atoms with Crippen molar-refractivity contribution in [3.8, 4) is 6.07 Å². The lowest BCUT2D eigenvalue weighted by molar-refractivity contribution is 0.543.